The Morgan fingerprint density at radius 1 is 1.47 bits per heavy atom. The number of hydrogen-bond donors (Lipinski definition) is 0. The van der Waals surface area contributed by atoms with E-state index in [0.29, 0.717) is 0 Å². The van der Waals surface area contributed by atoms with Crippen molar-refractivity contribution in [2.45, 2.75) is 13.1 Å². The molecule has 0 fully saturated rings. The van der Waals surface area contributed by atoms with E-state index in [1.807, 2.05) is 29.6 Å². The average Bonchev–Trinajstić information content (AvgIpc) is 2.77. The van der Waals surface area contributed by atoms with Gasteiger partial charge in [0.2, 0.25) is 0 Å². The summed E-state index contributed by atoms with van der Waals surface area (Å²) in [7, 11) is 4.02. The monoisotopic (exact) mass is 222 g/mol. The van der Waals surface area contributed by atoms with Gasteiger partial charge in [0.05, 0.1) is 17.4 Å². The third-order valence-electron chi connectivity index (χ3n) is 2.13. The van der Waals surface area contributed by atoms with E-state index in [2.05, 4.69) is 27.4 Å². The molecule has 0 aliphatic carbocycles. The van der Waals surface area contributed by atoms with Crippen LogP contribution in [0.1, 0.15) is 11.3 Å². The maximum absolute atomic E-state index is 4.26. The second kappa shape index (κ2) is 4.55. The van der Waals surface area contributed by atoms with Crippen LogP contribution in [-0.4, -0.2) is 26.7 Å². The fourth-order valence-electron chi connectivity index (χ4n) is 1.51. The van der Waals surface area contributed by atoms with Gasteiger partial charge in [-0.25, -0.2) is 4.98 Å². The van der Waals surface area contributed by atoms with E-state index >= 15 is 0 Å². The number of rotatable bonds is 4. The second-order valence-corrected chi connectivity index (χ2v) is 4.39. The lowest BCUT2D eigenvalue weighted by Crippen LogP contribution is -2.17. The molecule has 80 valence electrons. The lowest BCUT2D eigenvalue weighted by Gasteiger charge is -2.13. The standard InChI is InChI=1S/C10H14N4S/c1-13(6-10-7-15-8-11-10)4-9-3-12-14(2)5-9/h3,5,7-8H,4,6H2,1-2H3. The quantitative estimate of drug-likeness (QED) is 0.786. The summed E-state index contributed by atoms with van der Waals surface area (Å²) in [6.07, 6.45) is 3.94. The van der Waals surface area contributed by atoms with Crippen LogP contribution in [0.5, 0.6) is 0 Å². The fourth-order valence-corrected chi connectivity index (χ4v) is 2.06. The first-order valence-corrected chi connectivity index (χ1v) is 5.71. The predicted molar refractivity (Wildman–Crippen MR) is 60.5 cm³/mol. The van der Waals surface area contributed by atoms with Gasteiger partial charge in [0.1, 0.15) is 0 Å². The minimum Gasteiger partial charge on any atom is -0.296 e. The maximum Gasteiger partial charge on any atom is 0.0795 e. The molecule has 15 heavy (non-hydrogen) atoms. The molecule has 0 N–H and O–H groups in total. The fraction of sp³-hybridized carbons (Fsp3) is 0.400. The molecule has 2 rings (SSSR count). The summed E-state index contributed by atoms with van der Waals surface area (Å²) in [5.41, 5.74) is 4.23. The smallest absolute Gasteiger partial charge is 0.0795 e. The van der Waals surface area contributed by atoms with E-state index in [4.69, 9.17) is 0 Å². The Balaban J connectivity index is 1.90. The largest absolute Gasteiger partial charge is 0.296 e. The molecule has 0 spiro atoms. The first kappa shape index (κ1) is 10.3. The highest BCUT2D eigenvalue weighted by molar-refractivity contribution is 7.07. The molecule has 0 saturated heterocycles. The third kappa shape index (κ3) is 2.87. The topological polar surface area (TPSA) is 34.0 Å². The van der Waals surface area contributed by atoms with Crippen molar-refractivity contribution < 1.29 is 0 Å². The molecular formula is C10H14N4S. The van der Waals surface area contributed by atoms with Gasteiger partial charge in [0, 0.05) is 37.3 Å². The zero-order valence-electron chi connectivity index (χ0n) is 8.92. The van der Waals surface area contributed by atoms with Gasteiger partial charge in [0.25, 0.3) is 0 Å². The van der Waals surface area contributed by atoms with Gasteiger partial charge < -0.3 is 0 Å². The Morgan fingerprint density at radius 3 is 2.93 bits per heavy atom. The first-order chi connectivity index (χ1) is 7.24. The number of hydrogen-bond acceptors (Lipinski definition) is 4. The van der Waals surface area contributed by atoms with Gasteiger partial charge >= 0.3 is 0 Å². The lowest BCUT2D eigenvalue weighted by atomic mass is 10.3. The van der Waals surface area contributed by atoms with Crippen LogP contribution in [0.4, 0.5) is 0 Å². The molecule has 2 aromatic rings. The van der Waals surface area contributed by atoms with Gasteiger partial charge in [-0.3, -0.25) is 9.58 Å². The van der Waals surface area contributed by atoms with Crippen molar-refractivity contribution in [1.82, 2.24) is 19.7 Å². The maximum atomic E-state index is 4.26. The minimum absolute atomic E-state index is 0.887. The molecule has 2 heterocycles. The molecule has 0 saturated carbocycles. The van der Waals surface area contributed by atoms with E-state index in [1.165, 1.54) is 5.56 Å². The number of aryl methyl sites for hydroxylation is 1. The summed E-state index contributed by atoms with van der Waals surface area (Å²) in [4.78, 5) is 6.49. The Kier molecular flexibility index (Phi) is 3.13. The molecule has 4 nitrogen and oxygen atoms in total. The second-order valence-electron chi connectivity index (χ2n) is 3.67. The van der Waals surface area contributed by atoms with Crippen LogP contribution in [0.15, 0.2) is 23.3 Å². The summed E-state index contributed by atoms with van der Waals surface area (Å²) in [5.74, 6) is 0. The van der Waals surface area contributed by atoms with Crippen LogP contribution in [-0.2, 0) is 20.1 Å². The van der Waals surface area contributed by atoms with Crippen LogP contribution < -0.4 is 0 Å². The van der Waals surface area contributed by atoms with Crippen molar-refractivity contribution in [3.8, 4) is 0 Å². The van der Waals surface area contributed by atoms with E-state index < -0.39 is 0 Å². The van der Waals surface area contributed by atoms with Gasteiger partial charge in [-0.1, -0.05) is 0 Å². The van der Waals surface area contributed by atoms with Crippen molar-refractivity contribution in [2.75, 3.05) is 7.05 Å². The number of aromatic nitrogens is 3. The molecule has 0 amide bonds. The van der Waals surface area contributed by atoms with E-state index in [9.17, 15) is 0 Å². The predicted octanol–water partition coefficient (Wildman–Crippen LogP) is 1.51. The highest BCUT2D eigenvalue weighted by Gasteiger charge is 2.04. The van der Waals surface area contributed by atoms with Crippen LogP contribution in [0, 0.1) is 0 Å². The molecule has 2 aromatic heterocycles. The normalized spacial score (nSPS) is 11.1. The number of thiazole rings is 1. The molecule has 0 aliphatic heterocycles. The molecule has 0 aromatic carbocycles. The van der Waals surface area contributed by atoms with Gasteiger partial charge in [-0.15, -0.1) is 11.3 Å². The van der Waals surface area contributed by atoms with Crippen molar-refractivity contribution >= 4 is 11.3 Å². The molecule has 0 radical (unpaired) electrons. The van der Waals surface area contributed by atoms with E-state index in [1.54, 1.807) is 11.3 Å². The van der Waals surface area contributed by atoms with Crippen LogP contribution in [0.2, 0.25) is 0 Å². The molecule has 5 heteroatoms. The van der Waals surface area contributed by atoms with Gasteiger partial charge in [0.15, 0.2) is 0 Å². The molecular weight excluding hydrogens is 208 g/mol. The zero-order valence-corrected chi connectivity index (χ0v) is 9.74. The highest BCUT2D eigenvalue weighted by atomic mass is 32.1. The van der Waals surface area contributed by atoms with Crippen molar-refractivity contribution in [2.24, 2.45) is 7.05 Å². The van der Waals surface area contributed by atoms with Crippen molar-refractivity contribution in [1.29, 1.82) is 0 Å². The molecule has 0 atom stereocenters. The van der Waals surface area contributed by atoms with Crippen LogP contribution in [0.3, 0.4) is 0 Å². The Labute approximate surface area is 93.2 Å². The molecule has 0 unspecified atom stereocenters. The molecule has 0 aliphatic rings. The average molecular weight is 222 g/mol. The van der Waals surface area contributed by atoms with Gasteiger partial charge in [-0.05, 0) is 7.05 Å². The summed E-state index contributed by atoms with van der Waals surface area (Å²) in [6.45, 7) is 1.80. The zero-order chi connectivity index (χ0) is 10.7. The van der Waals surface area contributed by atoms with E-state index in [-0.39, 0.29) is 0 Å². The van der Waals surface area contributed by atoms with E-state index in [0.717, 1.165) is 18.8 Å². The van der Waals surface area contributed by atoms with Crippen LogP contribution >= 0.6 is 11.3 Å². The third-order valence-corrected chi connectivity index (χ3v) is 2.76. The summed E-state index contributed by atoms with van der Waals surface area (Å²) >= 11 is 1.64. The SMILES string of the molecule is CN(Cc1cnn(C)c1)Cc1cscn1. The number of nitrogens with zero attached hydrogens (tertiary/aromatic N) is 4. The Bertz CT molecular complexity index is 407. The minimum atomic E-state index is 0.887. The summed E-state index contributed by atoms with van der Waals surface area (Å²) < 4.78 is 1.83. The van der Waals surface area contributed by atoms with Gasteiger partial charge in [-0.2, -0.15) is 5.10 Å². The highest BCUT2D eigenvalue weighted by Crippen LogP contribution is 2.07. The van der Waals surface area contributed by atoms with Crippen LogP contribution in [0.25, 0.3) is 0 Å². The first-order valence-electron chi connectivity index (χ1n) is 4.77. The summed E-state index contributed by atoms with van der Waals surface area (Å²) in [6, 6.07) is 0. The molecule has 0 bridgehead atoms. The summed E-state index contributed by atoms with van der Waals surface area (Å²) in [5, 5.41) is 6.23. The van der Waals surface area contributed by atoms with Crippen molar-refractivity contribution in [3.05, 3.63) is 34.5 Å². The Hall–Kier alpha value is -1.20. The lowest BCUT2D eigenvalue weighted by molar-refractivity contribution is 0.315. The Morgan fingerprint density at radius 2 is 2.33 bits per heavy atom. The van der Waals surface area contributed by atoms with Crippen molar-refractivity contribution in [3.63, 3.8) is 0 Å².